The van der Waals surface area contributed by atoms with Gasteiger partial charge in [0, 0.05) is 19.5 Å². The van der Waals surface area contributed by atoms with Gasteiger partial charge in [-0.1, -0.05) is 24.3 Å². The van der Waals surface area contributed by atoms with E-state index in [9.17, 15) is 0 Å². The van der Waals surface area contributed by atoms with E-state index in [0.717, 1.165) is 0 Å². The Morgan fingerprint density at radius 2 is 1.00 bits per heavy atom. The van der Waals surface area contributed by atoms with Gasteiger partial charge in [-0.25, -0.2) is 0 Å². The van der Waals surface area contributed by atoms with Crippen molar-refractivity contribution in [1.82, 2.24) is 0 Å². The van der Waals surface area contributed by atoms with Crippen molar-refractivity contribution in [2.24, 2.45) is 0 Å². The Balaban J connectivity index is -0.0000000625. The summed E-state index contributed by atoms with van der Waals surface area (Å²) < 4.78 is 22.5. The molecule has 0 aromatic heterocycles. The molecular weight excluding hydrogens is 269 g/mol. The summed E-state index contributed by atoms with van der Waals surface area (Å²) >= 11 is 0. The zero-order chi connectivity index (χ0) is 10.9. The van der Waals surface area contributed by atoms with Gasteiger partial charge in [0.25, 0.3) is 0 Å². The molecule has 0 atom stereocenters. The zero-order valence-electron chi connectivity index (χ0n) is 7.51. The van der Waals surface area contributed by atoms with Crippen molar-refractivity contribution >= 4 is 0 Å². The van der Waals surface area contributed by atoms with Crippen molar-refractivity contribution in [2.45, 2.75) is 19.3 Å². The van der Waals surface area contributed by atoms with Crippen LogP contribution in [-0.2, 0) is 33.4 Å². The fourth-order valence-corrected chi connectivity index (χ4v) is 0.703. The smallest absolute Gasteiger partial charge is 0 e. The average Bonchev–Trinajstić information content (AvgIpc) is 2.58. The molecule has 0 fully saturated rings. The fourth-order valence-electron chi connectivity index (χ4n) is 0.703. The second kappa shape index (κ2) is 39.5. The van der Waals surface area contributed by atoms with E-state index < -0.39 is 0 Å². The monoisotopic (exact) mass is 280 g/mol. The van der Waals surface area contributed by atoms with Gasteiger partial charge >= 0.3 is 33.9 Å². The van der Waals surface area contributed by atoms with Gasteiger partial charge in [0.1, 0.15) is 0 Å². The molecule has 0 aliphatic heterocycles. The summed E-state index contributed by atoms with van der Waals surface area (Å²) in [5.41, 5.74) is 0. The number of hydrogen-bond donors (Lipinski definition) is 0. The number of hydrogen-bond acceptors (Lipinski definition) is 0. The van der Waals surface area contributed by atoms with Crippen LogP contribution in [0.3, 0.4) is 0 Å². The largest absolute Gasteiger partial charge is 0 e. The van der Waals surface area contributed by atoms with Gasteiger partial charge in [0.05, 0.1) is 0 Å². The normalized spacial score (nSPS) is 10.1. The van der Waals surface area contributed by atoms with Crippen LogP contribution in [0.15, 0.2) is 24.3 Å². The fraction of sp³-hybridized carbons (Fsp3) is 0.300. The van der Waals surface area contributed by atoms with Gasteiger partial charge in [-0.3, -0.25) is 0 Å². The molecule has 1 aliphatic rings. The first-order chi connectivity index (χ1) is 6.50. The molecule has 3 nitrogen and oxygen atoms in total. The maximum absolute atomic E-state index is 7.50. The van der Waals surface area contributed by atoms with Gasteiger partial charge < -0.3 is 0 Å². The quantitative estimate of drug-likeness (QED) is 0.371. The third kappa shape index (κ3) is 30.2. The minimum atomic E-state index is 0. The van der Waals surface area contributed by atoms with Crippen LogP contribution in [-0.4, -0.2) is 0 Å². The Bertz CT molecular complexity index is 163. The Kier molecular flexibility index (Phi) is 65.7. The maximum atomic E-state index is 7.50. The second-order valence-corrected chi connectivity index (χ2v) is 1.79. The van der Waals surface area contributed by atoms with Crippen molar-refractivity contribution in [2.75, 3.05) is 0 Å². The summed E-state index contributed by atoms with van der Waals surface area (Å²) in [4.78, 5) is 0. The Morgan fingerprint density at radius 3 is 1.29 bits per heavy atom. The van der Waals surface area contributed by atoms with Gasteiger partial charge in [0.15, 0.2) is 0 Å². The first kappa shape index (κ1) is 23.3. The average molecular weight is 279 g/mol. The first-order valence-corrected chi connectivity index (χ1v) is 3.43. The van der Waals surface area contributed by atoms with Crippen molar-refractivity contribution < 1.29 is 33.4 Å². The van der Waals surface area contributed by atoms with Crippen molar-refractivity contribution in [1.29, 1.82) is 0 Å². The van der Waals surface area contributed by atoms with Crippen LogP contribution in [0.4, 0.5) is 0 Å². The molecule has 0 heterocycles. The molecule has 1 rings (SSSR count). The molecule has 1 aliphatic carbocycles. The number of allylic oxidation sites excluding steroid dienone is 4. The van der Waals surface area contributed by atoms with E-state index in [-0.39, 0.29) is 19.5 Å². The Hall–Kier alpha value is -0.677. The summed E-state index contributed by atoms with van der Waals surface area (Å²) in [6, 6.07) is 0. The van der Waals surface area contributed by atoms with E-state index in [0.29, 0.717) is 0 Å². The third-order valence-corrected chi connectivity index (χ3v) is 1.12. The van der Waals surface area contributed by atoms with Crippen LogP contribution in [0, 0.1) is 20.0 Å². The molecule has 0 spiro atoms. The van der Waals surface area contributed by atoms with E-state index in [1.54, 1.807) is 0 Å². The predicted molar refractivity (Wildman–Crippen MR) is 43.9 cm³/mol. The summed E-state index contributed by atoms with van der Waals surface area (Å²) in [5, 5.41) is 0. The van der Waals surface area contributed by atoms with Crippen LogP contribution >= 0.6 is 0 Å². The molecular formula is C10H10O3Ru. The SMILES string of the molecule is C1=CCCCC=C1.[C-]#[O+].[C-]#[O+].[C-]#[O+].[Ru]. The molecule has 0 radical (unpaired) electrons. The van der Waals surface area contributed by atoms with Crippen LogP contribution < -0.4 is 0 Å². The van der Waals surface area contributed by atoms with E-state index in [4.69, 9.17) is 14.0 Å². The molecule has 0 saturated carbocycles. The topological polar surface area (TPSA) is 59.7 Å². The van der Waals surface area contributed by atoms with Gasteiger partial charge in [0.2, 0.25) is 0 Å². The summed E-state index contributed by atoms with van der Waals surface area (Å²) in [5.74, 6) is 0. The van der Waals surface area contributed by atoms with E-state index >= 15 is 0 Å². The summed E-state index contributed by atoms with van der Waals surface area (Å²) in [6.07, 6.45) is 12.5. The minimum Gasteiger partial charge on any atom is 0 e. The van der Waals surface area contributed by atoms with Crippen LogP contribution in [0.1, 0.15) is 19.3 Å². The van der Waals surface area contributed by atoms with Gasteiger partial charge in [-0.15, -0.1) is 0 Å². The van der Waals surface area contributed by atoms with Crippen molar-refractivity contribution in [3.8, 4) is 0 Å². The van der Waals surface area contributed by atoms with Gasteiger partial charge in [-0.05, 0) is 19.3 Å². The number of rotatable bonds is 0. The second-order valence-electron chi connectivity index (χ2n) is 1.79. The summed E-state index contributed by atoms with van der Waals surface area (Å²) in [6.45, 7) is 13.5. The van der Waals surface area contributed by atoms with Crippen LogP contribution in [0.25, 0.3) is 0 Å². The van der Waals surface area contributed by atoms with E-state index in [2.05, 4.69) is 44.3 Å². The molecule has 0 saturated heterocycles. The first-order valence-electron chi connectivity index (χ1n) is 3.43. The standard InChI is InChI=1S/C7H10.3CO.Ru/c1-2-4-6-7-5-3-1;3*1-2;/h1-4H,5-7H2;;;;. The summed E-state index contributed by atoms with van der Waals surface area (Å²) in [7, 11) is 0. The molecule has 0 aromatic carbocycles. The third-order valence-electron chi connectivity index (χ3n) is 1.12. The maximum Gasteiger partial charge on any atom is 0 e. The zero-order valence-corrected chi connectivity index (χ0v) is 9.25. The molecule has 0 unspecified atom stereocenters. The van der Waals surface area contributed by atoms with Crippen molar-refractivity contribution in [3.63, 3.8) is 0 Å². The van der Waals surface area contributed by atoms with Crippen LogP contribution in [0.5, 0.6) is 0 Å². The minimum absolute atomic E-state index is 0. The molecule has 0 amide bonds. The Labute approximate surface area is 97.2 Å². The van der Waals surface area contributed by atoms with E-state index in [1.807, 2.05) is 0 Å². The Morgan fingerprint density at radius 1 is 0.714 bits per heavy atom. The predicted octanol–water partition coefficient (Wildman–Crippen LogP) is 2.17. The molecule has 0 N–H and O–H groups in total. The molecule has 0 bridgehead atoms. The van der Waals surface area contributed by atoms with Gasteiger partial charge in [-0.2, -0.15) is 0 Å². The molecule has 0 aromatic rings. The molecule has 14 heavy (non-hydrogen) atoms. The van der Waals surface area contributed by atoms with Crippen molar-refractivity contribution in [3.05, 3.63) is 44.3 Å². The molecule has 76 valence electrons. The molecule has 4 heteroatoms. The van der Waals surface area contributed by atoms with E-state index in [1.165, 1.54) is 19.3 Å². The van der Waals surface area contributed by atoms with Crippen LogP contribution in [0.2, 0.25) is 0 Å².